The third-order valence-corrected chi connectivity index (χ3v) is 5.13. The number of carbonyl (C=O) groups is 3. The molecule has 0 unspecified atom stereocenters. The lowest BCUT2D eigenvalue weighted by molar-refractivity contribution is -0.384. The summed E-state index contributed by atoms with van der Waals surface area (Å²) in [5.74, 6) is -0.947. The van der Waals surface area contributed by atoms with Crippen LogP contribution in [0.1, 0.15) is 25.8 Å². The first-order chi connectivity index (χ1) is 15.2. The number of hydrogen-bond acceptors (Lipinski definition) is 6. The van der Waals surface area contributed by atoms with Crippen molar-refractivity contribution in [2.45, 2.75) is 25.8 Å². The Morgan fingerprint density at radius 1 is 1.22 bits per heavy atom. The summed E-state index contributed by atoms with van der Waals surface area (Å²) < 4.78 is 4.97. The molecule has 1 saturated heterocycles. The van der Waals surface area contributed by atoms with E-state index in [1.807, 2.05) is 13.8 Å². The molecule has 168 valence electrons. The number of methoxy groups -OCH3 is 1. The Hall–Kier alpha value is -3.95. The van der Waals surface area contributed by atoms with Crippen LogP contribution in [0.3, 0.4) is 0 Å². The van der Waals surface area contributed by atoms with Gasteiger partial charge in [-0.2, -0.15) is 0 Å². The first-order valence-corrected chi connectivity index (χ1v) is 10.00. The van der Waals surface area contributed by atoms with Crippen LogP contribution in [0.2, 0.25) is 0 Å². The molecule has 1 fully saturated rings. The van der Waals surface area contributed by atoms with E-state index in [1.54, 1.807) is 30.3 Å². The largest absolute Gasteiger partial charge is 0.496 e. The summed E-state index contributed by atoms with van der Waals surface area (Å²) in [5.41, 5.74) is -1.09. The number of nitrogens with zero attached hydrogens (tertiary/aromatic N) is 2. The molecule has 0 spiro atoms. The highest BCUT2D eigenvalue weighted by Crippen LogP contribution is 2.35. The summed E-state index contributed by atoms with van der Waals surface area (Å²) in [6.07, 6.45) is 0.351. The van der Waals surface area contributed by atoms with Crippen molar-refractivity contribution in [2.75, 3.05) is 19.0 Å². The molecule has 0 bridgehead atoms. The molecule has 2 aromatic rings. The molecule has 4 amide bonds. The van der Waals surface area contributed by atoms with Gasteiger partial charge in [-0.3, -0.25) is 24.6 Å². The van der Waals surface area contributed by atoms with E-state index < -0.39 is 34.9 Å². The number of urea groups is 1. The van der Waals surface area contributed by atoms with E-state index in [9.17, 15) is 24.5 Å². The number of nitrogens with one attached hydrogen (secondary N) is 2. The molecule has 0 aliphatic carbocycles. The standard InChI is InChI=1S/C22H24N4O6/c1-14(2)12-22(15-7-5-4-6-8-15)20(28)25(21(29)24-22)13-19(27)23-17-10-9-16(32-3)11-18(17)26(30)31/h4-11,14H,12-13H2,1-3H3,(H,23,27)(H,24,29)/t22-/m0/s1. The van der Waals surface area contributed by atoms with Gasteiger partial charge in [0, 0.05) is 0 Å². The Morgan fingerprint density at radius 3 is 2.50 bits per heavy atom. The van der Waals surface area contributed by atoms with Crippen molar-refractivity contribution in [2.24, 2.45) is 5.92 Å². The van der Waals surface area contributed by atoms with E-state index in [1.165, 1.54) is 25.3 Å². The molecule has 10 heteroatoms. The topological polar surface area (TPSA) is 131 Å². The normalized spacial score (nSPS) is 17.9. The molecule has 10 nitrogen and oxygen atoms in total. The maximum atomic E-state index is 13.4. The third-order valence-electron chi connectivity index (χ3n) is 5.13. The Morgan fingerprint density at radius 2 is 1.91 bits per heavy atom. The zero-order valence-electron chi connectivity index (χ0n) is 18.0. The number of hydrogen-bond donors (Lipinski definition) is 2. The molecular weight excluding hydrogens is 416 g/mol. The number of ether oxygens (including phenoxy) is 1. The predicted octanol–water partition coefficient (Wildman–Crippen LogP) is 3.04. The van der Waals surface area contributed by atoms with Crippen molar-refractivity contribution in [3.8, 4) is 5.75 Å². The summed E-state index contributed by atoms with van der Waals surface area (Å²) >= 11 is 0. The second-order valence-electron chi connectivity index (χ2n) is 7.88. The molecule has 1 atom stereocenters. The van der Waals surface area contributed by atoms with Crippen LogP contribution in [0.5, 0.6) is 5.75 Å². The molecule has 2 aromatic carbocycles. The third kappa shape index (κ3) is 4.39. The van der Waals surface area contributed by atoms with Crippen LogP contribution in [0.4, 0.5) is 16.2 Å². The number of nitro groups is 1. The van der Waals surface area contributed by atoms with Crippen LogP contribution in [-0.2, 0) is 15.1 Å². The van der Waals surface area contributed by atoms with E-state index in [0.29, 0.717) is 12.0 Å². The second-order valence-corrected chi connectivity index (χ2v) is 7.88. The molecule has 3 rings (SSSR count). The Labute approximate surface area is 184 Å². The first kappa shape index (κ1) is 22.7. The van der Waals surface area contributed by atoms with Crippen molar-refractivity contribution in [1.29, 1.82) is 0 Å². The van der Waals surface area contributed by atoms with E-state index in [2.05, 4.69) is 10.6 Å². The van der Waals surface area contributed by atoms with Gasteiger partial charge in [0.25, 0.3) is 11.6 Å². The predicted molar refractivity (Wildman–Crippen MR) is 116 cm³/mol. The van der Waals surface area contributed by atoms with E-state index in [-0.39, 0.29) is 23.0 Å². The second kappa shape index (κ2) is 9.04. The molecule has 1 heterocycles. The van der Waals surface area contributed by atoms with Gasteiger partial charge in [0.2, 0.25) is 5.91 Å². The number of imide groups is 1. The zero-order chi connectivity index (χ0) is 23.5. The highest BCUT2D eigenvalue weighted by Gasteiger charge is 2.52. The van der Waals surface area contributed by atoms with Gasteiger partial charge in [-0.1, -0.05) is 44.2 Å². The van der Waals surface area contributed by atoms with Gasteiger partial charge in [0.1, 0.15) is 23.5 Å². The fourth-order valence-corrected chi connectivity index (χ4v) is 3.79. The SMILES string of the molecule is COc1ccc(NC(=O)CN2C(=O)N[C@@](CC(C)C)(c3ccccc3)C2=O)c([N+](=O)[O-])c1. The molecular formula is C22H24N4O6. The minimum atomic E-state index is -1.28. The Balaban J connectivity index is 1.84. The molecule has 1 aliphatic heterocycles. The maximum absolute atomic E-state index is 13.4. The number of nitro benzene ring substituents is 1. The van der Waals surface area contributed by atoms with Crippen molar-refractivity contribution in [3.05, 3.63) is 64.2 Å². The minimum absolute atomic E-state index is 0.0654. The first-order valence-electron chi connectivity index (χ1n) is 10.00. The number of rotatable bonds is 8. The fourth-order valence-electron chi connectivity index (χ4n) is 3.79. The van der Waals surface area contributed by atoms with Crippen LogP contribution in [0, 0.1) is 16.0 Å². The average molecular weight is 440 g/mol. The lowest BCUT2D eigenvalue weighted by Crippen LogP contribution is -2.45. The minimum Gasteiger partial charge on any atom is -0.496 e. The summed E-state index contributed by atoms with van der Waals surface area (Å²) in [5, 5.41) is 16.5. The summed E-state index contributed by atoms with van der Waals surface area (Å²) in [4.78, 5) is 50.2. The van der Waals surface area contributed by atoms with E-state index >= 15 is 0 Å². The van der Waals surface area contributed by atoms with Gasteiger partial charge in [-0.15, -0.1) is 0 Å². The summed E-state index contributed by atoms with van der Waals surface area (Å²) in [6.45, 7) is 3.28. The smallest absolute Gasteiger partial charge is 0.325 e. The molecule has 0 saturated carbocycles. The number of carbonyl (C=O) groups excluding carboxylic acids is 3. The van der Waals surface area contributed by atoms with Crippen LogP contribution in [0.25, 0.3) is 0 Å². The molecule has 0 radical (unpaired) electrons. The number of benzene rings is 2. The van der Waals surface area contributed by atoms with Gasteiger partial charge in [0.05, 0.1) is 18.1 Å². The van der Waals surface area contributed by atoms with Crippen LogP contribution < -0.4 is 15.4 Å². The van der Waals surface area contributed by atoms with Gasteiger partial charge in [0.15, 0.2) is 0 Å². The van der Waals surface area contributed by atoms with Crippen molar-refractivity contribution >= 4 is 29.2 Å². The van der Waals surface area contributed by atoms with Crippen LogP contribution >= 0.6 is 0 Å². The van der Waals surface area contributed by atoms with Gasteiger partial charge >= 0.3 is 6.03 Å². The quantitative estimate of drug-likeness (QED) is 0.369. The van der Waals surface area contributed by atoms with Crippen LogP contribution in [-0.4, -0.2) is 41.3 Å². The molecule has 2 N–H and O–H groups in total. The maximum Gasteiger partial charge on any atom is 0.325 e. The Kier molecular flexibility index (Phi) is 6.42. The van der Waals surface area contributed by atoms with E-state index in [0.717, 1.165) is 4.90 Å². The van der Waals surface area contributed by atoms with Gasteiger partial charge < -0.3 is 15.4 Å². The Bertz CT molecular complexity index is 1060. The zero-order valence-corrected chi connectivity index (χ0v) is 18.0. The summed E-state index contributed by atoms with van der Waals surface area (Å²) in [6, 6.07) is 12.1. The van der Waals surface area contributed by atoms with Gasteiger partial charge in [-0.25, -0.2) is 4.79 Å². The highest BCUT2D eigenvalue weighted by molar-refractivity contribution is 6.10. The number of amides is 4. The van der Waals surface area contributed by atoms with Gasteiger partial charge in [-0.05, 0) is 30.0 Å². The van der Waals surface area contributed by atoms with Crippen LogP contribution in [0.15, 0.2) is 48.5 Å². The van der Waals surface area contributed by atoms with Crippen molar-refractivity contribution < 1.29 is 24.0 Å². The number of anilines is 1. The van der Waals surface area contributed by atoms with E-state index in [4.69, 9.17) is 4.74 Å². The molecule has 1 aliphatic rings. The lowest BCUT2D eigenvalue weighted by atomic mass is 9.82. The monoisotopic (exact) mass is 440 g/mol. The average Bonchev–Trinajstić information content (AvgIpc) is 2.98. The van der Waals surface area contributed by atoms with Crippen molar-refractivity contribution in [1.82, 2.24) is 10.2 Å². The van der Waals surface area contributed by atoms with Crippen molar-refractivity contribution in [3.63, 3.8) is 0 Å². The molecule has 0 aromatic heterocycles. The summed E-state index contributed by atoms with van der Waals surface area (Å²) in [7, 11) is 1.37. The lowest BCUT2D eigenvalue weighted by Gasteiger charge is -2.29. The molecule has 32 heavy (non-hydrogen) atoms. The highest BCUT2D eigenvalue weighted by atomic mass is 16.6. The fraction of sp³-hybridized carbons (Fsp3) is 0.318.